The van der Waals surface area contributed by atoms with Crippen molar-refractivity contribution in [2.45, 2.75) is 31.6 Å². The number of primary amides is 1. The van der Waals surface area contributed by atoms with Crippen molar-refractivity contribution in [3.05, 3.63) is 35.4 Å². The number of amides is 1. The van der Waals surface area contributed by atoms with Crippen LogP contribution >= 0.6 is 0 Å². The molecule has 1 unspecified atom stereocenters. The maximum absolute atomic E-state index is 12.3. The second-order valence-electron chi connectivity index (χ2n) is 4.88. The van der Waals surface area contributed by atoms with E-state index in [9.17, 15) is 13.2 Å². The molecule has 1 radical (unpaired) electrons. The Bertz CT molecular complexity index is 596. The highest BCUT2D eigenvalue weighted by molar-refractivity contribution is 7.89. The van der Waals surface area contributed by atoms with Crippen molar-refractivity contribution >= 4 is 15.9 Å². The SMILES string of the molecule is CC(C)S(=O)(=O)N1CCc2c[c]ccc2C1C(N)=O. The second-order valence-corrected chi connectivity index (χ2v) is 7.33. The van der Waals surface area contributed by atoms with E-state index in [0.29, 0.717) is 12.0 Å². The Balaban J connectivity index is 2.53. The van der Waals surface area contributed by atoms with E-state index in [-0.39, 0.29) is 6.54 Å². The van der Waals surface area contributed by atoms with Gasteiger partial charge in [-0.1, -0.05) is 18.2 Å². The number of carbonyl (C=O) groups excluding carboxylic acids is 1. The number of hydrogen-bond acceptors (Lipinski definition) is 3. The maximum Gasteiger partial charge on any atom is 0.240 e. The third-order valence-electron chi connectivity index (χ3n) is 3.36. The standard InChI is InChI=1S/C13H17N2O3S/c1-9(2)19(17,18)15-8-7-10-5-3-4-6-11(10)12(15)13(14)16/h4-6,9,12H,7-8H2,1-2H3,(H2,14,16). The van der Waals surface area contributed by atoms with Crippen LogP contribution in [0, 0.1) is 6.07 Å². The van der Waals surface area contributed by atoms with E-state index in [0.717, 1.165) is 5.56 Å². The number of nitrogens with zero attached hydrogens (tertiary/aromatic N) is 1. The molecule has 5 nitrogen and oxygen atoms in total. The first-order valence-corrected chi connectivity index (χ1v) is 7.65. The van der Waals surface area contributed by atoms with Crippen LogP contribution in [-0.2, 0) is 21.2 Å². The van der Waals surface area contributed by atoms with Gasteiger partial charge in [-0.25, -0.2) is 8.42 Å². The minimum atomic E-state index is -3.51. The summed E-state index contributed by atoms with van der Waals surface area (Å²) >= 11 is 0. The molecule has 2 rings (SSSR count). The summed E-state index contributed by atoms with van der Waals surface area (Å²) in [4.78, 5) is 11.7. The summed E-state index contributed by atoms with van der Waals surface area (Å²) in [5.74, 6) is -0.642. The number of fused-ring (bicyclic) bond motifs is 1. The fraction of sp³-hybridized carbons (Fsp3) is 0.462. The molecule has 0 saturated carbocycles. The lowest BCUT2D eigenvalue weighted by Gasteiger charge is -2.35. The fourth-order valence-electron chi connectivity index (χ4n) is 2.32. The molecule has 0 aliphatic carbocycles. The highest BCUT2D eigenvalue weighted by Crippen LogP contribution is 2.32. The number of hydrogen-bond donors (Lipinski definition) is 1. The molecule has 19 heavy (non-hydrogen) atoms. The molecule has 0 fully saturated rings. The van der Waals surface area contributed by atoms with Gasteiger partial charge in [0.2, 0.25) is 15.9 Å². The highest BCUT2D eigenvalue weighted by Gasteiger charge is 2.39. The van der Waals surface area contributed by atoms with Gasteiger partial charge >= 0.3 is 0 Å². The van der Waals surface area contributed by atoms with Crippen molar-refractivity contribution in [1.82, 2.24) is 4.31 Å². The molecule has 6 heteroatoms. The smallest absolute Gasteiger partial charge is 0.240 e. The molecule has 1 amide bonds. The summed E-state index contributed by atoms with van der Waals surface area (Å²) in [5, 5.41) is -0.578. The maximum atomic E-state index is 12.3. The summed E-state index contributed by atoms with van der Waals surface area (Å²) in [6, 6.07) is 7.19. The van der Waals surface area contributed by atoms with Crippen LogP contribution in [0.1, 0.15) is 31.0 Å². The summed E-state index contributed by atoms with van der Waals surface area (Å²) in [5.41, 5.74) is 7.01. The van der Waals surface area contributed by atoms with Gasteiger partial charge in [0, 0.05) is 6.54 Å². The van der Waals surface area contributed by atoms with Gasteiger partial charge in [-0.15, -0.1) is 0 Å². The zero-order valence-corrected chi connectivity index (χ0v) is 11.8. The number of nitrogens with two attached hydrogens (primary N) is 1. The Kier molecular flexibility index (Phi) is 3.64. The van der Waals surface area contributed by atoms with Gasteiger partial charge in [-0.2, -0.15) is 4.31 Å². The molecule has 103 valence electrons. The number of sulfonamides is 1. The highest BCUT2D eigenvalue weighted by atomic mass is 32.2. The predicted octanol–water partition coefficient (Wildman–Crippen LogP) is 0.609. The molecule has 1 atom stereocenters. The fourth-order valence-corrected chi connectivity index (χ4v) is 3.71. The Morgan fingerprint density at radius 1 is 1.53 bits per heavy atom. The molecule has 0 saturated heterocycles. The lowest BCUT2D eigenvalue weighted by molar-refractivity contribution is -0.122. The van der Waals surface area contributed by atoms with E-state index in [1.54, 1.807) is 32.0 Å². The van der Waals surface area contributed by atoms with Crippen LogP contribution in [-0.4, -0.2) is 30.4 Å². The monoisotopic (exact) mass is 281 g/mol. The lowest BCUT2D eigenvalue weighted by Crippen LogP contribution is -2.47. The number of rotatable bonds is 3. The Morgan fingerprint density at radius 3 is 2.79 bits per heavy atom. The topological polar surface area (TPSA) is 80.5 Å². The molecule has 0 spiro atoms. The van der Waals surface area contributed by atoms with E-state index in [4.69, 9.17) is 5.73 Å². The van der Waals surface area contributed by atoms with E-state index in [1.165, 1.54) is 4.31 Å². The van der Waals surface area contributed by atoms with Crippen LogP contribution in [0.2, 0.25) is 0 Å². The van der Waals surface area contributed by atoms with E-state index >= 15 is 0 Å². The Labute approximate surface area is 113 Å². The van der Waals surface area contributed by atoms with Crippen molar-refractivity contribution in [3.63, 3.8) is 0 Å². The first kappa shape index (κ1) is 14.0. The Hall–Kier alpha value is -1.40. The minimum Gasteiger partial charge on any atom is -0.368 e. The van der Waals surface area contributed by atoms with Crippen molar-refractivity contribution in [1.29, 1.82) is 0 Å². The van der Waals surface area contributed by atoms with E-state index in [2.05, 4.69) is 6.07 Å². The van der Waals surface area contributed by atoms with Gasteiger partial charge in [-0.05, 0) is 37.5 Å². The molecule has 1 aliphatic rings. The molecule has 0 aromatic heterocycles. The van der Waals surface area contributed by atoms with Crippen molar-refractivity contribution in [2.75, 3.05) is 6.54 Å². The van der Waals surface area contributed by atoms with Crippen molar-refractivity contribution in [3.8, 4) is 0 Å². The lowest BCUT2D eigenvalue weighted by atomic mass is 9.94. The summed E-state index contributed by atoms with van der Waals surface area (Å²) in [6.45, 7) is 3.47. The van der Waals surface area contributed by atoms with Crippen LogP contribution in [0.5, 0.6) is 0 Å². The molecule has 1 aromatic rings. The molecule has 1 heterocycles. The van der Waals surface area contributed by atoms with Crippen molar-refractivity contribution < 1.29 is 13.2 Å². The van der Waals surface area contributed by atoms with Gasteiger partial charge in [0.1, 0.15) is 6.04 Å². The predicted molar refractivity (Wildman–Crippen MR) is 71.7 cm³/mol. The third kappa shape index (κ3) is 2.37. The molecule has 2 N–H and O–H groups in total. The van der Waals surface area contributed by atoms with Crippen LogP contribution < -0.4 is 5.73 Å². The molecular formula is C13H17N2O3S. The summed E-state index contributed by atoms with van der Waals surface area (Å²) < 4.78 is 25.9. The van der Waals surface area contributed by atoms with Gasteiger partial charge in [0.25, 0.3) is 0 Å². The van der Waals surface area contributed by atoms with Gasteiger partial charge in [0.05, 0.1) is 5.25 Å². The first-order valence-electron chi connectivity index (χ1n) is 6.14. The van der Waals surface area contributed by atoms with Crippen LogP contribution in [0.15, 0.2) is 18.2 Å². The average molecular weight is 281 g/mol. The molecule has 1 aliphatic heterocycles. The van der Waals surface area contributed by atoms with Gasteiger partial charge in [-0.3, -0.25) is 4.79 Å². The van der Waals surface area contributed by atoms with Crippen LogP contribution in [0.3, 0.4) is 0 Å². The normalized spacial score (nSPS) is 20.3. The molecular weight excluding hydrogens is 264 g/mol. The number of benzene rings is 1. The quantitative estimate of drug-likeness (QED) is 0.881. The zero-order valence-electron chi connectivity index (χ0n) is 11.0. The number of carbonyl (C=O) groups is 1. The molecule has 1 aromatic carbocycles. The summed E-state index contributed by atoms with van der Waals surface area (Å²) in [7, 11) is -3.51. The van der Waals surface area contributed by atoms with E-state index in [1.807, 2.05) is 0 Å². The van der Waals surface area contributed by atoms with E-state index < -0.39 is 27.2 Å². The molecule has 0 bridgehead atoms. The zero-order chi connectivity index (χ0) is 14.2. The third-order valence-corrected chi connectivity index (χ3v) is 5.60. The first-order chi connectivity index (χ1) is 8.85. The Morgan fingerprint density at radius 2 is 2.21 bits per heavy atom. The van der Waals surface area contributed by atoms with Crippen molar-refractivity contribution in [2.24, 2.45) is 5.73 Å². The average Bonchev–Trinajstić information content (AvgIpc) is 2.36. The van der Waals surface area contributed by atoms with Crippen LogP contribution in [0.4, 0.5) is 0 Å². The largest absolute Gasteiger partial charge is 0.368 e. The summed E-state index contributed by atoms with van der Waals surface area (Å²) in [6.07, 6.45) is 0.572. The second kappa shape index (κ2) is 4.94. The van der Waals surface area contributed by atoms with Gasteiger partial charge in [0.15, 0.2) is 0 Å². The van der Waals surface area contributed by atoms with Gasteiger partial charge < -0.3 is 5.73 Å². The van der Waals surface area contributed by atoms with Crippen LogP contribution in [0.25, 0.3) is 0 Å². The minimum absolute atomic E-state index is 0.277.